The molecule has 0 aromatic heterocycles. The molecule has 0 aliphatic rings. The molecule has 7 heteroatoms. The van der Waals surface area contributed by atoms with E-state index < -0.39 is 23.7 Å². The molecule has 2 N–H and O–H groups in total. The molecule has 22 heavy (non-hydrogen) atoms. The van der Waals surface area contributed by atoms with Gasteiger partial charge in [0.05, 0.1) is 6.42 Å². The molecule has 0 radical (unpaired) electrons. The highest BCUT2D eigenvalue weighted by atomic mass is 16.6. The first-order chi connectivity index (χ1) is 10.1. The second-order valence-electron chi connectivity index (χ2n) is 6.12. The normalized spacial score (nSPS) is 12.4. The number of hydrogen-bond acceptors (Lipinski definition) is 4. The Morgan fingerprint density at radius 3 is 2.00 bits per heavy atom. The zero-order valence-electron chi connectivity index (χ0n) is 14.1. The quantitative estimate of drug-likeness (QED) is 0.714. The molecule has 0 heterocycles. The van der Waals surface area contributed by atoms with Crippen molar-refractivity contribution >= 4 is 18.0 Å². The van der Waals surface area contributed by atoms with Gasteiger partial charge in [0.2, 0.25) is 5.91 Å². The summed E-state index contributed by atoms with van der Waals surface area (Å²) in [6, 6.07) is -1.29. The van der Waals surface area contributed by atoms with Crippen molar-refractivity contribution in [1.82, 2.24) is 10.2 Å². The van der Waals surface area contributed by atoms with Crippen molar-refractivity contribution in [1.29, 1.82) is 0 Å². The third kappa shape index (κ3) is 8.49. The first-order valence-corrected chi connectivity index (χ1v) is 7.60. The minimum absolute atomic E-state index is 0.283. The minimum atomic E-state index is -1.29. The summed E-state index contributed by atoms with van der Waals surface area (Å²) in [5.41, 5.74) is -0.729. The smallest absolute Gasteiger partial charge is 0.408 e. The van der Waals surface area contributed by atoms with E-state index in [0.717, 1.165) is 12.8 Å². The van der Waals surface area contributed by atoms with Gasteiger partial charge in [-0.3, -0.25) is 4.79 Å². The summed E-state index contributed by atoms with van der Waals surface area (Å²) in [5, 5.41) is 11.4. The van der Waals surface area contributed by atoms with Crippen LogP contribution in [0.3, 0.4) is 0 Å². The summed E-state index contributed by atoms with van der Waals surface area (Å²) < 4.78 is 5.02. The van der Waals surface area contributed by atoms with Crippen LogP contribution in [-0.2, 0) is 14.3 Å². The molecule has 0 aliphatic heterocycles. The first kappa shape index (κ1) is 20.2. The van der Waals surface area contributed by atoms with Gasteiger partial charge >= 0.3 is 12.1 Å². The highest BCUT2D eigenvalue weighted by Gasteiger charge is 2.27. The van der Waals surface area contributed by atoms with E-state index in [0.29, 0.717) is 13.1 Å². The Balaban J connectivity index is 4.72. The van der Waals surface area contributed by atoms with Crippen LogP contribution in [0.1, 0.15) is 53.9 Å². The number of rotatable bonds is 8. The molecule has 0 aromatic carbocycles. The fraction of sp³-hybridized carbons (Fsp3) is 0.800. The van der Waals surface area contributed by atoms with Crippen LogP contribution in [0.2, 0.25) is 0 Å². The zero-order valence-corrected chi connectivity index (χ0v) is 14.1. The topological polar surface area (TPSA) is 95.9 Å². The summed E-state index contributed by atoms with van der Waals surface area (Å²) in [6.07, 6.45) is 0.464. The molecule has 0 bridgehead atoms. The van der Waals surface area contributed by atoms with Crippen LogP contribution in [-0.4, -0.2) is 52.7 Å². The van der Waals surface area contributed by atoms with Crippen molar-refractivity contribution in [3.05, 3.63) is 0 Å². The van der Waals surface area contributed by atoms with Crippen LogP contribution in [0.15, 0.2) is 0 Å². The lowest BCUT2D eigenvalue weighted by molar-refractivity contribution is -0.143. The number of hydrogen-bond donors (Lipinski definition) is 2. The second-order valence-corrected chi connectivity index (χ2v) is 6.12. The Kier molecular flexibility index (Phi) is 8.52. The number of alkyl carbamates (subject to hydrolysis) is 1. The molecule has 128 valence electrons. The Morgan fingerprint density at radius 2 is 1.64 bits per heavy atom. The Morgan fingerprint density at radius 1 is 1.14 bits per heavy atom. The fourth-order valence-electron chi connectivity index (χ4n) is 1.85. The number of carbonyl (C=O) groups excluding carboxylic acids is 2. The standard InChI is InChI=1S/C15H28N2O5/c1-6-8-17(9-7-2)12(18)10-11(13(19)20)16-14(21)22-15(3,4)5/h11H,6-10H2,1-5H3,(H,16,21)(H,19,20)/t11-/m1/s1. The average Bonchev–Trinajstić information content (AvgIpc) is 2.35. The van der Waals surface area contributed by atoms with Gasteiger partial charge in [-0.1, -0.05) is 13.8 Å². The first-order valence-electron chi connectivity index (χ1n) is 7.60. The summed E-state index contributed by atoms with van der Waals surface area (Å²) >= 11 is 0. The number of aliphatic carboxylic acids is 1. The van der Waals surface area contributed by atoms with Gasteiger partial charge in [-0.15, -0.1) is 0 Å². The van der Waals surface area contributed by atoms with Crippen molar-refractivity contribution < 1.29 is 24.2 Å². The predicted molar refractivity (Wildman–Crippen MR) is 82.6 cm³/mol. The van der Waals surface area contributed by atoms with E-state index in [-0.39, 0.29) is 12.3 Å². The summed E-state index contributed by atoms with van der Waals surface area (Å²) in [7, 11) is 0. The summed E-state index contributed by atoms with van der Waals surface area (Å²) in [6.45, 7) is 10.1. The second kappa shape index (κ2) is 9.27. The molecule has 0 fully saturated rings. The third-order valence-electron chi connectivity index (χ3n) is 2.71. The molecule has 0 aliphatic carbocycles. The monoisotopic (exact) mass is 316 g/mol. The number of ether oxygens (including phenoxy) is 1. The SMILES string of the molecule is CCCN(CCC)C(=O)C[C@@H](NC(=O)OC(C)(C)C)C(=O)O. The van der Waals surface area contributed by atoms with Gasteiger partial charge in [-0.05, 0) is 33.6 Å². The third-order valence-corrected chi connectivity index (χ3v) is 2.71. The zero-order chi connectivity index (χ0) is 17.3. The van der Waals surface area contributed by atoms with Crippen LogP contribution >= 0.6 is 0 Å². The van der Waals surface area contributed by atoms with E-state index in [1.54, 1.807) is 25.7 Å². The maximum Gasteiger partial charge on any atom is 0.408 e. The van der Waals surface area contributed by atoms with Crippen LogP contribution in [0.25, 0.3) is 0 Å². The number of nitrogens with zero attached hydrogens (tertiary/aromatic N) is 1. The van der Waals surface area contributed by atoms with Crippen LogP contribution < -0.4 is 5.32 Å². The Labute approximate surface area is 132 Å². The maximum absolute atomic E-state index is 12.2. The molecule has 0 aromatic rings. The molecule has 7 nitrogen and oxygen atoms in total. The van der Waals surface area contributed by atoms with Crippen molar-refractivity contribution in [3.8, 4) is 0 Å². The average molecular weight is 316 g/mol. The Bertz CT molecular complexity index is 384. The van der Waals surface area contributed by atoms with E-state index >= 15 is 0 Å². The van der Waals surface area contributed by atoms with E-state index in [1.807, 2.05) is 13.8 Å². The summed E-state index contributed by atoms with van der Waals surface area (Å²) in [4.78, 5) is 36.7. The fourth-order valence-corrected chi connectivity index (χ4v) is 1.85. The van der Waals surface area contributed by atoms with Gasteiger partial charge < -0.3 is 20.1 Å². The van der Waals surface area contributed by atoms with E-state index in [1.165, 1.54) is 0 Å². The molecule has 1 atom stereocenters. The summed E-state index contributed by atoms with van der Waals surface area (Å²) in [5.74, 6) is -1.54. The lowest BCUT2D eigenvalue weighted by Gasteiger charge is -2.25. The van der Waals surface area contributed by atoms with Gasteiger partial charge in [0.15, 0.2) is 0 Å². The van der Waals surface area contributed by atoms with Crippen LogP contribution in [0, 0.1) is 0 Å². The largest absolute Gasteiger partial charge is 0.480 e. The van der Waals surface area contributed by atoms with Crippen LogP contribution in [0.5, 0.6) is 0 Å². The number of carboxylic acids is 1. The van der Waals surface area contributed by atoms with Gasteiger partial charge in [0.25, 0.3) is 0 Å². The van der Waals surface area contributed by atoms with Gasteiger partial charge in [0.1, 0.15) is 11.6 Å². The number of carboxylic acid groups (broad SMARTS) is 1. The number of nitrogens with one attached hydrogen (secondary N) is 1. The number of carbonyl (C=O) groups is 3. The molecule has 0 saturated carbocycles. The maximum atomic E-state index is 12.2. The van der Waals surface area contributed by atoms with Gasteiger partial charge in [0, 0.05) is 13.1 Å². The van der Waals surface area contributed by atoms with E-state index in [9.17, 15) is 14.4 Å². The molecule has 0 saturated heterocycles. The van der Waals surface area contributed by atoms with Crippen molar-refractivity contribution in [2.45, 2.75) is 65.5 Å². The molecule has 2 amide bonds. The molecule has 0 unspecified atom stereocenters. The molecular formula is C15H28N2O5. The van der Waals surface area contributed by atoms with Gasteiger partial charge in [-0.2, -0.15) is 0 Å². The lowest BCUT2D eigenvalue weighted by Crippen LogP contribution is -2.46. The van der Waals surface area contributed by atoms with E-state index in [2.05, 4.69) is 5.32 Å². The van der Waals surface area contributed by atoms with Crippen molar-refractivity contribution in [2.75, 3.05) is 13.1 Å². The Hall–Kier alpha value is -1.79. The molecular weight excluding hydrogens is 288 g/mol. The minimum Gasteiger partial charge on any atom is -0.480 e. The van der Waals surface area contributed by atoms with Crippen molar-refractivity contribution in [2.24, 2.45) is 0 Å². The number of amides is 2. The molecule has 0 rings (SSSR count). The molecule has 0 spiro atoms. The van der Waals surface area contributed by atoms with E-state index in [4.69, 9.17) is 9.84 Å². The highest BCUT2D eigenvalue weighted by molar-refractivity contribution is 5.87. The lowest BCUT2D eigenvalue weighted by atomic mass is 10.1. The van der Waals surface area contributed by atoms with Crippen molar-refractivity contribution in [3.63, 3.8) is 0 Å². The predicted octanol–water partition coefficient (Wildman–Crippen LogP) is 2.00. The van der Waals surface area contributed by atoms with Gasteiger partial charge in [-0.25, -0.2) is 9.59 Å². The van der Waals surface area contributed by atoms with Crippen LogP contribution in [0.4, 0.5) is 4.79 Å². The highest BCUT2D eigenvalue weighted by Crippen LogP contribution is 2.08.